The van der Waals surface area contributed by atoms with Crippen molar-refractivity contribution in [1.29, 1.82) is 0 Å². The van der Waals surface area contributed by atoms with Crippen molar-refractivity contribution in [2.45, 2.75) is 51.2 Å². The summed E-state index contributed by atoms with van der Waals surface area (Å²) in [4.78, 5) is 0.195. The minimum absolute atomic E-state index is 0.120. The Balaban J connectivity index is 2.97. The molecule has 0 aliphatic rings. The van der Waals surface area contributed by atoms with Crippen molar-refractivity contribution in [3.05, 3.63) is 29.8 Å². The first-order valence-corrected chi connectivity index (χ1v) is 8.06. The summed E-state index contributed by atoms with van der Waals surface area (Å²) in [5.41, 5.74) is 0.596. The van der Waals surface area contributed by atoms with Gasteiger partial charge in [0.1, 0.15) is 0 Å². The zero-order chi connectivity index (χ0) is 14.6. The summed E-state index contributed by atoms with van der Waals surface area (Å²) in [7, 11) is -3.53. The molecule has 4 nitrogen and oxygen atoms in total. The largest absolute Gasteiger partial charge is 0.389 e. The molecule has 0 aliphatic carbocycles. The maximum absolute atomic E-state index is 12.2. The molecule has 19 heavy (non-hydrogen) atoms. The van der Waals surface area contributed by atoms with E-state index in [1.807, 2.05) is 20.8 Å². The average Bonchev–Trinajstić information content (AvgIpc) is 2.37. The maximum Gasteiger partial charge on any atom is 0.240 e. The molecule has 1 aromatic carbocycles. The lowest BCUT2D eigenvalue weighted by atomic mass is 10.0. The third kappa shape index (κ3) is 4.30. The van der Waals surface area contributed by atoms with Crippen molar-refractivity contribution in [2.75, 3.05) is 0 Å². The summed E-state index contributed by atoms with van der Waals surface area (Å²) in [6.07, 6.45) is 0.236. The Morgan fingerprint density at radius 2 is 1.89 bits per heavy atom. The van der Waals surface area contributed by atoms with Crippen LogP contribution in [0.1, 0.15) is 45.8 Å². The standard InChI is InChI=1S/C14H23NO3S/c1-5-10(2)11(3)15-19(17,18)14-8-6-7-13(9-14)12(4)16/h6-12,15-16H,5H2,1-4H3. The van der Waals surface area contributed by atoms with E-state index in [0.717, 1.165) is 6.42 Å². The number of sulfonamides is 1. The Morgan fingerprint density at radius 1 is 1.26 bits per heavy atom. The summed E-state index contributed by atoms with van der Waals surface area (Å²) >= 11 is 0. The number of rotatable bonds is 6. The second-order valence-corrected chi connectivity index (χ2v) is 6.76. The van der Waals surface area contributed by atoms with Gasteiger partial charge in [-0.2, -0.15) is 0 Å². The predicted molar refractivity (Wildman–Crippen MR) is 76.3 cm³/mol. The van der Waals surface area contributed by atoms with Crippen molar-refractivity contribution in [3.8, 4) is 0 Å². The number of aliphatic hydroxyl groups is 1. The van der Waals surface area contributed by atoms with Gasteiger partial charge in [0.2, 0.25) is 10.0 Å². The number of hydrogen-bond acceptors (Lipinski definition) is 3. The molecule has 5 heteroatoms. The molecule has 0 bridgehead atoms. The predicted octanol–water partition coefficient (Wildman–Crippen LogP) is 2.45. The Labute approximate surface area is 115 Å². The molecule has 108 valence electrons. The van der Waals surface area contributed by atoms with E-state index in [-0.39, 0.29) is 16.9 Å². The Bertz CT molecular complexity index is 511. The van der Waals surface area contributed by atoms with E-state index in [1.54, 1.807) is 19.1 Å². The van der Waals surface area contributed by atoms with Gasteiger partial charge in [0, 0.05) is 6.04 Å². The van der Waals surface area contributed by atoms with Crippen molar-refractivity contribution >= 4 is 10.0 Å². The molecule has 1 aromatic rings. The zero-order valence-corrected chi connectivity index (χ0v) is 12.7. The van der Waals surface area contributed by atoms with E-state index in [2.05, 4.69) is 4.72 Å². The van der Waals surface area contributed by atoms with Gasteiger partial charge in [0.15, 0.2) is 0 Å². The highest BCUT2D eigenvalue weighted by Gasteiger charge is 2.20. The first-order chi connectivity index (χ1) is 8.77. The lowest BCUT2D eigenvalue weighted by Gasteiger charge is -2.20. The fraction of sp³-hybridized carbons (Fsp3) is 0.571. The second kappa shape index (κ2) is 6.50. The van der Waals surface area contributed by atoms with Gasteiger partial charge >= 0.3 is 0 Å². The molecule has 2 N–H and O–H groups in total. The SMILES string of the molecule is CCC(C)C(C)NS(=O)(=O)c1cccc(C(C)O)c1. The van der Waals surface area contributed by atoms with Crippen LogP contribution < -0.4 is 4.72 Å². The third-order valence-electron chi connectivity index (χ3n) is 3.49. The van der Waals surface area contributed by atoms with Crippen LogP contribution in [0.5, 0.6) is 0 Å². The monoisotopic (exact) mass is 285 g/mol. The molecule has 0 heterocycles. The molecule has 3 unspecified atom stereocenters. The summed E-state index contributed by atoms with van der Waals surface area (Å²) in [6.45, 7) is 7.52. The second-order valence-electron chi connectivity index (χ2n) is 5.04. The van der Waals surface area contributed by atoms with E-state index in [4.69, 9.17) is 0 Å². The molecule has 0 fully saturated rings. The van der Waals surface area contributed by atoms with Crippen molar-refractivity contribution in [1.82, 2.24) is 4.72 Å². The first kappa shape index (κ1) is 16.1. The topological polar surface area (TPSA) is 66.4 Å². The van der Waals surface area contributed by atoms with Gasteiger partial charge in [-0.25, -0.2) is 13.1 Å². The minimum Gasteiger partial charge on any atom is -0.389 e. The van der Waals surface area contributed by atoms with Crippen molar-refractivity contribution in [3.63, 3.8) is 0 Å². The van der Waals surface area contributed by atoms with Gasteiger partial charge in [-0.15, -0.1) is 0 Å². The molecule has 3 atom stereocenters. The molecule has 0 saturated heterocycles. The summed E-state index contributed by atoms with van der Waals surface area (Å²) < 4.78 is 27.2. The zero-order valence-electron chi connectivity index (χ0n) is 11.9. The van der Waals surface area contributed by atoms with Gasteiger partial charge < -0.3 is 5.11 Å². The van der Waals surface area contributed by atoms with Gasteiger partial charge in [0.25, 0.3) is 0 Å². The van der Waals surface area contributed by atoms with Crippen LogP contribution in [0.4, 0.5) is 0 Å². The Hall–Kier alpha value is -0.910. The van der Waals surface area contributed by atoms with Crippen LogP contribution in [0.3, 0.4) is 0 Å². The van der Waals surface area contributed by atoms with E-state index in [9.17, 15) is 13.5 Å². The highest BCUT2D eigenvalue weighted by molar-refractivity contribution is 7.89. The van der Waals surface area contributed by atoms with E-state index < -0.39 is 16.1 Å². The molecule has 0 spiro atoms. The summed E-state index contributed by atoms with van der Waals surface area (Å²) in [5.74, 6) is 0.273. The van der Waals surface area contributed by atoms with Gasteiger partial charge in [-0.3, -0.25) is 0 Å². The van der Waals surface area contributed by atoms with E-state index >= 15 is 0 Å². The highest BCUT2D eigenvalue weighted by atomic mass is 32.2. The Kier molecular flexibility index (Phi) is 5.52. The molecular weight excluding hydrogens is 262 g/mol. The van der Waals surface area contributed by atoms with Gasteiger partial charge in [-0.05, 0) is 37.5 Å². The third-order valence-corrected chi connectivity index (χ3v) is 5.05. The molecule has 0 amide bonds. The quantitative estimate of drug-likeness (QED) is 0.843. The normalized spacial score (nSPS) is 16.9. The minimum atomic E-state index is -3.53. The van der Waals surface area contributed by atoms with E-state index in [1.165, 1.54) is 12.1 Å². The van der Waals surface area contributed by atoms with Crippen LogP contribution >= 0.6 is 0 Å². The number of aliphatic hydroxyl groups excluding tert-OH is 1. The number of benzene rings is 1. The molecule has 0 aromatic heterocycles. The van der Waals surface area contributed by atoms with Gasteiger partial charge in [0.05, 0.1) is 11.0 Å². The Morgan fingerprint density at radius 3 is 2.42 bits per heavy atom. The number of nitrogens with one attached hydrogen (secondary N) is 1. The fourth-order valence-electron chi connectivity index (χ4n) is 1.72. The van der Waals surface area contributed by atoms with Crippen LogP contribution in [0.15, 0.2) is 29.2 Å². The smallest absolute Gasteiger partial charge is 0.240 e. The molecule has 1 rings (SSSR count). The molecule has 0 radical (unpaired) electrons. The summed E-state index contributed by atoms with van der Waals surface area (Å²) in [6, 6.07) is 6.28. The van der Waals surface area contributed by atoms with Crippen molar-refractivity contribution in [2.24, 2.45) is 5.92 Å². The van der Waals surface area contributed by atoms with Crippen LogP contribution in [-0.4, -0.2) is 19.6 Å². The lowest BCUT2D eigenvalue weighted by Crippen LogP contribution is -2.36. The van der Waals surface area contributed by atoms with E-state index in [0.29, 0.717) is 5.56 Å². The molecular formula is C14H23NO3S. The number of hydrogen-bond donors (Lipinski definition) is 2. The lowest BCUT2D eigenvalue weighted by molar-refractivity contribution is 0.199. The summed E-state index contributed by atoms with van der Waals surface area (Å²) in [5, 5.41) is 9.51. The fourth-order valence-corrected chi connectivity index (χ4v) is 3.13. The van der Waals surface area contributed by atoms with Crippen molar-refractivity contribution < 1.29 is 13.5 Å². The highest BCUT2D eigenvalue weighted by Crippen LogP contribution is 2.18. The van der Waals surface area contributed by atoms with Crippen LogP contribution in [0, 0.1) is 5.92 Å². The van der Waals surface area contributed by atoms with Crippen LogP contribution in [0.2, 0.25) is 0 Å². The van der Waals surface area contributed by atoms with Crippen LogP contribution in [0.25, 0.3) is 0 Å². The average molecular weight is 285 g/mol. The molecule has 0 saturated carbocycles. The maximum atomic E-state index is 12.2. The van der Waals surface area contributed by atoms with Gasteiger partial charge in [-0.1, -0.05) is 32.4 Å². The first-order valence-electron chi connectivity index (χ1n) is 6.58. The van der Waals surface area contributed by atoms with Crippen LogP contribution in [-0.2, 0) is 10.0 Å². The molecule has 0 aliphatic heterocycles.